The first kappa shape index (κ1) is 27.2. The molecule has 1 amide bonds. The molecule has 0 unspecified atom stereocenters. The molecule has 0 fully saturated rings. The molecule has 26 heavy (non-hydrogen) atoms. The van der Waals surface area contributed by atoms with Crippen molar-refractivity contribution in [2.75, 3.05) is 13.3 Å². The van der Waals surface area contributed by atoms with Crippen LogP contribution in [0.5, 0.6) is 0 Å². The van der Waals surface area contributed by atoms with Gasteiger partial charge in [-0.25, -0.2) is 0 Å². The zero-order valence-electron chi connectivity index (χ0n) is 15.5. The molecule has 154 valence electrons. The fourth-order valence-electron chi connectivity index (χ4n) is 1.25. The molecule has 0 bridgehead atoms. The maximum atomic E-state index is 10.7. The van der Waals surface area contributed by atoms with Crippen LogP contribution < -0.4 is 5.32 Å². The van der Waals surface area contributed by atoms with Crippen molar-refractivity contribution in [1.82, 2.24) is 5.32 Å². The minimum atomic E-state index is -4.77. The van der Waals surface area contributed by atoms with Gasteiger partial charge in [-0.15, -0.1) is 0 Å². The van der Waals surface area contributed by atoms with E-state index in [0.29, 0.717) is 13.2 Å². The quantitative estimate of drug-likeness (QED) is 0.410. The maximum absolute atomic E-state index is 10.7. The van der Waals surface area contributed by atoms with Crippen LogP contribution in [0.25, 0.3) is 0 Å². The number of ether oxygens (including phenoxy) is 1. The largest absolute Gasteiger partial charge is 0.479 e. The third-order valence-corrected chi connectivity index (χ3v) is 8.04. The van der Waals surface area contributed by atoms with Gasteiger partial charge in [0, 0.05) is 19.2 Å². The Morgan fingerprint density at radius 2 is 1.73 bits per heavy atom. The summed E-state index contributed by atoms with van der Waals surface area (Å²) in [5, 5.41) is 2.74. The second-order valence-electron chi connectivity index (χ2n) is 5.32. The molecule has 10 nitrogen and oxygen atoms in total. The summed E-state index contributed by atoms with van der Waals surface area (Å²) < 4.78 is 26.2. The van der Waals surface area contributed by atoms with Crippen LogP contribution in [-0.4, -0.2) is 49.9 Å². The van der Waals surface area contributed by atoms with E-state index in [0.717, 1.165) is 19.9 Å². The summed E-state index contributed by atoms with van der Waals surface area (Å²) in [4.78, 5) is 46.7. The van der Waals surface area contributed by atoms with E-state index in [1.165, 1.54) is 6.92 Å². The fraction of sp³-hybridized carbons (Fsp3) is 0.714. The van der Waals surface area contributed by atoms with E-state index in [1.54, 1.807) is 18.6 Å². The number of carbonyl (C=O) groups is 1. The molecule has 0 radical (unpaired) electrons. The van der Waals surface area contributed by atoms with Crippen LogP contribution in [0.1, 0.15) is 47.0 Å². The Balaban J connectivity index is 0. The molecule has 0 aromatic carbocycles. The molecule has 1 heterocycles. The van der Waals surface area contributed by atoms with Gasteiger partial charge in [-0.1, -0.05) is 20.8 Å². The highest BCUT2D eigenvalue weighted by atomic mass is 31.2. The van der Waals surface area contributed by atoms with Gasteiger partial charge in [0.25, 0.3) is 0 Å². The van der Waals surface area contributed by atoms with E-state index in [4.69, 9.17) is 24.3 Å². The van der Waals surface area contributed by atoms with Crippen LogP contribution in [0.4, 0.5) is 0 Å². The SMILES string of the molecule is C1=COCN=C1.CCC(C)(P(=O)(O)O)P(=O)(O)O.CCCNC(=O)CC. The minimum Gasteiger partial charge on any atom is -0.479 e. The Bertz CT molecular complexity index is 519. The number of hydrogen-bond donors (Lipinski definition) is 5. The van der Waals surface area contributed by atoms with Crippen LogP contribution in [-0.2, 0) is 18.7 Å². The van der Waals surface area contributed by atoms with Crippen molar-refractivity contribution in [3.05, 3.63) is 12.3 Å². The predicted octanol–water partition coefficient (Wildman–Crippen LogP) is 1.95. The lowest BCUT2D eigenvalue weighted by Crippen LogP contribution is -2.23. The summed E-state index contributed by atoms with van der Waals surface area (Å²) in [7, 11) is -9.54. The first-order valence-electron chi connectivity index (χ1n) is 8.01. The van der Waals surface area contributed by atoms with Crippen molar-refractivity contribution in [2.24, 2.45) is 4.99 Å². The average Bonchev–Trinajstić information content (AvgIpc) is 2.59. The molecular weight excluding hydrogens is 386 g/mol. The molecule has 0 aliphatic carbocycles. The summed E-state index contributed by atoms with van der Waals surface area (Å²) in [6, 6.07) is 0. The second-order valence-corrected chi connectivity index (χ2v) is 9.82. The monoisotopic (exact) mass is 416 g/mol. The van der Waals surface area contributed by atoms with E-state index in [1.807, 2.05) is 13.8 Å². The van der Waals surface area contributed by atoms with E-state index < -0.39 is 20.1 Å². The van der Waals surface area contributed by atoms with E-state index in [9.17, 15) is 13.9 Å². The first-order valence-corrected chi connectivity index (χ1v) is 11.2. The average molecular weight is 416 g/mol. The van der Waals surface area contributed by atoms with Gasteiger partial charge in [0.2, 0.25) is 5.91 Å². The molecule has 1 rings (SSSR count). The third-order valence-electron chi connectivity index (χ3n) is 3.33. The number of carbonyl (C=O) groups excluding carboxylic acids is 1. The van der Waals surface area contributed by atoms with Gasteiger partial charge in [0.1, 0.15) is 0 Å². The molecule has 1 aliphatic heterocycles. The van der Waals surface area contributed by atoms with Gasteiger partial charge in [-0.2, -0.15) is 0 Å². The molecule has 5 N–H and O–H groups in total. The number of allylic oxidation sites excluding steroid dienone is 1. The highest BCUT2D eigenvalue weighted by Gasteiger charge is 2.54. The number of amides is 1. The zero-order chi connectivity index (χ0) is 20.9. The van der Waals surface area contributed by atoms with E-state index >= 15 is 0 Å². The Hall–Kier alpha value is -1.02. The standard InChI is InChI=1S/C6H13NO.C4H5NO.C4H12O6P2/c1-3-5-7-6(8)4-2;1-2-5-4-6-3-1;1-3-4(2,11(5,6)7)12(8,9)10/h3-5H2,1-2H3,(H,7,8);1-3H,4H2;3H2,1-2H3,(H2,5,6,7)(H2,8,9,10). The summed E-state index contributed by atoms with van der Waals surface area (Å²) >= 11 is 0. The molecule has 1 aliphatic rings. The maximum Gasteiger partial charge on any atom is 0.343 e. The molecule has 0 saturated heterocycles. The number of nitrogens with zero attached hydrogens (tertiary/aromatic N) is 1. The highest BCUT2D eigenvalue weighted by Crippen LogP contribution is 2.70. The van der Waals surface area contributed by atoms with E-state index in [-0.39, 0.29) is 12.3 Å². The molecule has 12 heteroatoms. The lowest BCUT2D eigenvalue weighted by molar-refractivity contribution is -0.120. The van der Waals surface area contributed by atoms with Crippen LogP contribution in [0.15, 0.2) is 17.3 Å². The van der Waals surface area contributed by atoms with Crippen LogP contribution in [0.2, 0.25) is 0 Å². The topological polar surface area (TPSA) is 166 Å². The summed E-state index contributed by atoms with van der Waals surface area (Å²) in [5.74, 6) is 0.145. The third kappa shape index (κ3) is 10.9. The molecule has 0 spiro atoms. The van der Waals surface area contributed by atoms with Crippen molar-refractivity contribution in [2.45, 2.75) is 51.9 Å². The van der Waals surface area contributed by atoms with Crippen LogP contribution >= 0.6 is 15.2 Å². The van der Waals surface area contributed by atoms with Crippen LogP contribution in [0.3, 0.4) is 0 Å². The first-order chi connectivity index (χ1) is 11.9. The Morgan fingerprint density at radius 3 is 1.88 bits per heavy atom. The summed E-state index contributed by atoms with van der Waals surface area (Å²) in [6.07, 6.45) is 6.42. The van der Waals surface area contributed by atoms with Crippen molar-refractivity contribution in [3.63, 3.8) is 0 Å². The number of aliphatic imine (C=N–C) groups is 1. The van der Waals surface area contributed by atoms with E-state index in [2.05, 4.69) is 10.3 Å². The lowest BCUT2D eigenvalue weighted by Gasteiger charge is -2.29. The van der Waals surface area contributed by atoms with Crippen molar-refractivity contribution in [3.8, 4) is 0 Å². The fourth-order valence-corrected chi connectivity index (χ4v) is 3.43. The second kappa shape index (κ2) is 13.2. The van der Waals surface area contributed by atoms with Gasteiger partial charge in [-0.3, -0.25) is 18.9 Å². The Labute approximate surface area is 154 Å². The van der Waals surface area contributed by atoms with Crippen molar-refractivity contribution in [1.29, 1.82) is 0 Å². The van der Waals surface area contributed by atoms with Crippen LogP contribution in [0, 0.1) is 0 Å². The summed E-state index contributed by atoms with van der Waals surface area (Å²) in [6.45, 7) is 7.39. The predicted molar refractivity (Wildman–Crippen MR) is 100.0 cm³/mol. The highest BCUT2D eigenvalue weighted by molar-refractivity contribution is 7.72. The van der Waals surface area contributed by atoms with Gasteiger partial charge >= 0.3 is 15.2 Å². The van der Waals surface area contributed by atoms with Crippen molar-refractivity contribution >= 4 is 27.3 Å². The Morgan fingerprint density at radius 1 is 1.19 bits per heavy atom. The normalized spacial score (nSPS) is 13.5. The molecule has 0 aromatic heterocycles. The number of hydrogen-bond acceptors (Lipinski definition) is 5. The Kier molecular flexibility index (Phi) is 13.8. The van der Waals surface area contributed by atoms with Crippen molar-refractivity contribution < 1.29 is 38.2 Å². The van der Waals surface area contributed by atoms with Gasteiger partial charge in [-0.05, 0) is 25.8 Å². The molecule has 0 saturated carbocycles. The van der Waals surface area contributed by atoms with Gasteiger partial charge in [0.05, 0.1) is 6.26 Å². The number of rotatable bonds is 6. The summed E-state index contributed by atoms with van der Waals surface area (Å²) in [5.41, 5.74) is 0. The smallest absolute Gasteiger partial charge is 0.343 e. The van der Waals surface area contributed by atoms with Gasteiger partial charge in [0.15, 0.2) is 11.6 Å². The van der Waals surface area contributed by atoms with Gasteiger partial charge < -0.3 is 29.6 Å². The zero-order valence-corrected chi connectivity index (χ0v) is 17.3. The lowest BCUT2D eigenvalue weighted by atomic mass is 10.4. The number of nitrogens with one attached hydrogen (secondary N) is 1. The minimum absolute atomic E-state index is 0.145. The molecule has 0 atom stereocenters. The molecule has 0 aromatic rings. The molecular formula is C14H30N2O8P2.